The number of hydrogen-bond acceptors (Lipinski definition) is 5. The van der Waals surface area contributed by atoms with Crippen molar-refractivity contribution >= 4 is 29.1 Å². The number of rotatable bonds is 4. The van der Waals surface area contributed by atoms with Gasteiger partial charge in [0, 0.05) is 28.3 Å². The van der Waals surface area contributed by atoms with Gasteiger partial charge in [-0.2, -0.15) is 0 Å². The van der Waals surface area contributed by atoms with Crippen molar-refractivity contribution in [2.24, 2.45) is 5.41 Å². The van der Waals surface area contributed by atoms with Crippen LogP contribution < -0.4 is 9.64 Å². The van der Waals surface area contributed by atoms with Crippen LogP contribution in [0.25, 0.3) is 6.08 Å². The molecule has 3 atom stereocenters. The van der Waals surface area contributed by atoms with Gasteiger partial charge in [-0.1, -0.05) is 78.9 Å². The maximum absolute atomic E-state index is 14.6. The van der Waals surface area contributed by atoms with E-state index in [4.69, 9.17) is 4.74 Å². The van der Waals surface area contributed by atoms with Gasteiger partial charge in [0.25, 0.3) is 0 Å². The van der Waals surface area contributed by atoms with E-state index in [1.54, 1.807) is 60.7 Å². The number of carbonyl (C=O) groups excluding carboxylic acids is 3. The third-order valence-corrected chi connectivity index (χ3v) is 8.56. The SMILES string of the molecule is COc1cccc(C(=O)[C@@H]2[C@H](c3ccc(F)cc3)C3(C(=O)c4ccccc4C3=O)[C@@H]3C=Cc4ccccc4N23)c1. The molecule has 7 rings (SSSR count). The summed E-state index contributed by atoms with van der Waals surface area (Å²) in [7, 11) is 1.53. The first-order valence-electron chi connectivity index (χ1n) is 13.1. The average molecular weight is 530 g/mol. The predicted octanol–water partition coefficient (Wildman–Crippen LogP) is 6.15. The maximum Gasteiger partial charge on any atom is 0.186 e. The highest BCUT2D eigenvalue weighted by Crippen LogP contribution is 2.61. The van der Waals surface area contributed by atoms with E-state index in [9.17, 15) is 18.8 Å². The Labute approximate surface area is 230 Å². The van der Waals surface area contributed by atoms with Gasteiger partial charge in [-0.05, 0) is 41.5 Å². The Bertz CT molecular complexity index is 1710. The Morgan fingerprint density at radius 3 is 2.23 bits per heavy atom. The highest BCUT2D eigenvalue weighted by molar-refractivity contribution is 6.32. The molecule has 2 aliphatic heterocycles. The molecule has 1 fully saturated rings. The van der Waals surface area contributed by atoms with Gasteiger partial charge in [-0.3, -0.25) is 14.4 Å². The van der Waals surface area contributed by atoms with Crippen molar-refractivity contribution in [3.63, 3.8) is 0 Å². The van der Waals surface area contributed by atoms with Gasteiger partial charge in [0.05, 0.1) is 13.2 Å². The number of halogens is 1. The van der Waals surface area contributed by atoms with E-state index in [1.165, 1.54) is 19.2 Å². The topological polar surface area (TPSA) is 63.7 Å². The van der Waals surface area contributed by atoms with E-state index in [1.807, 2.05) is 41.3 Å². The summed E-state index contributed by atoms with van der Waals surface area (Å²) in [5.74, 6) is -1.70. The van der Waals surface area contributed by atoms with Crippen LogP contribution in [0.15, 0.2) is 103 Å². The van der Waals surface area contributed by atoms with Crippen molar-refractivity contribution in [1.29, 1.82) is 0 Å². The van der Waals surface area contributed by atoms with Crippen LogP contribution in [0.2, 0.25) is 0 Å². The van der Waals surface area contributed by atoms with E-state index < -0.39 is 29.2 Å². The molecule has 1 spiro atoms. The van der Waals surface area contributed by atoms with Crippen LogP contribution in [-0.4, -0.2) is 36.5 Å². The van der Waals surface area contributed by atoms with E-state index in [-0.39, 0.29) is 17.3 Å². The van der Waals surface area contributed by atoms with Crippen LogP contribution in [0.5, 0.6) is 5.75 Å². The second-order valence-electron chi connectivity index (χ2n) is 10.4. The smallest absolute Gasteiger partial charge is 0.186 e. The number of hydrogen-bond donors (Lipinski definition) is 0. The van der Waals surface area contributed by atoms with Gasteiger partial charge in [0.1, 0.15) is 23.0 Å². The number of Topliss-reactive ketones (excluding diaryl/α,β-unsaturated/α-hetero) is 3. The molecule has 4 aromatic rings. The molecule has 4 aromatic carbocycles. The molecule has 0 aromatic heterocycles. The molecular weight excluding hydrogens is 505 g/mol. The lowest BCUT2D eigenvalue weighted by Gasteiger charge is -2.37. The van der Waals surface area contributed by atoms with Gasteiger partial charge >= 0.3 is 0 Å². The number of para-hydroxylation sites is 1. The van der Waals surface area contributed by atoms with Crippen molar-refractivity contribution < 1.29 is 23.5 Å². The lowest BCUT2D eigenvalue weighted by atomic mass is 9.64. The monoisotopic (exact) mass is 529 g/mol. The van der Waals surface area contributed by atoms with Crippen LogP contribution in [0, 0.1) is 11.2 Å². The summed E-state index contributed by atoms with van der Waals surface area (Å²) in [6.45, 7) is 0. The number of carbonyl (C=O) groups is 3. The van der Waals surface area contributed by atoms with Gasteiger partial charge in [-0.25, -0.2) is 4.39 Å². The van der Waals surface area contributed by atoms with Crippen LogP contribution in [-0.2, 0) is 0 Å². The molecular formula is C34H24FNO4. The number of fused-ring (bicyclic) bond motifs is 5. The van der Waals surface area contributed by atoms with Crippen LogP contribution in [0.4, 0.5) is 10.1 Å². The lowest BCUT2D eigenvalue weighted by molar-refractivity contribution is 0.0666. The minimum Gasteiger partial charge on any atom is -0.497 e. The predicted molar refractivity (Wildman–Crippen MR) is 150 cm³/mol. The molecule has 1 saturated heterocycles. The molecule has 40 heavy (non-hydrogen) atoms. The molecule has 2 heterocycles. The van der Waals surface area contributed by atoms with E-state index in [0.29, 0.717) is 28.0 Å². The zero-order valence-electron chi connectivity index (χ0n) is 21.6. The maximum atomic E-state index is 14.6. The Morgan fingerprint density at radius 2 is 1.52 bits per heavy atom. The summed E-state index contributed by atoms with van der Waals surface area (Å²) in [5.41, 5.74) is 1.67. The number of ketones is 3. The number of nitrogens with zero attached hydrogens (tertiary/aromatic N) is 1. The third-order valence-electron chi connectivity index (χ3n) is 8.56. The molecule has 196 valence electrons. The summed E-state index contributed by atoms with van der Waals surface area (Å²) in [6.07, 6.45) is 3.79. The molecule has 0 unspecified atom stereocenters. The number of anilines is 1. The standard InChI is InChI=1S/C34H24FNO4/c1-40-24-9-6-8-22(19-24)31(37)30-29(21-13-16-23(35)17-14-21)34(32(38)25-10-3-4-11-26(25)33(34)39)28-18-15-20-7-2-5-12-27(20)36(28)30/h2-19,28-30H,1H3/t28-,29-,30-/m0/s1. The highest BCUT2D eigenvalue weighted by Gasteiger charge is 2.71. The zero-order chi connectivity index (χ0) is 27.6. The molecule has 1 aliphatic carbocycles. The summed E-state index contributed by atoms with van der Waals surface area (Å²) in [5, 5.41) is 0. The first-order valence-corrected chi connectivity index (χ1v) is 13.1. The normalized spacial score (nSPS) is 21.8. The van der Waals surface area contributed by atoms with E-state index >= 15 is 0 Å². The molecule has 0 bridgehead atoms. The Kier molecular flexibility index (Phi) is 5.36. The fourth-order valence-corrected chi connectivity index (χ4v) is 6.91. The fraction of sp³-hybridized carbons (Fsp3) is 0.147. The second kappa shape index (κ2) is 8.85. The van der Waals surface area contributed by atoms with E-state index in [2.05, 4.69) is 0 Å². The fourth-order valence-electron chi connectivity index (χ4n) is 6.91. The first kappa shape index (κ1) is 24.2. The average Bonchev–Trinajstić information content (AvgIpc) is 3.43. The zero-order valence-corrected chi connectivity index (χ0v) is 21.6. The Hall–Kier alpha value is -4.84. The number of benzene rings is 4. The summed E-state index contributed by atoms with van der Waals surface area (Å²) in [6, 6.07) is 25.5. The molecule has 0 radical (unpaired) electrons. The second-order valence-corrected chi connectivity index (χ2v) is 10.4. The van der Waals surface area contributed by atoms with Gasteiger partial charge < -0.3 is 9.64 Å². The summed E-state index contributed by atoms with van der Waals surface area (Å²) < 4.78 is 19.6. The van der Waals surface area contributed by atoms with Gasteiger partial charge in [0.15, 0.2) is 17.3 Å². The molecule has 6 heteroatoms. The van der Waals surface area contributed by atoms with Crippen molar-refractivity contribution in [3.05, 3.63) is 137 Å². The van der Waals surface area contributed by atoms with Crippen LogP contribution in [0.1, 0.15) is 48.1 Å². The number of methoxy groups -OCH3 is 1. The summed E-state index contributed by atoms with van der Waals surface area (Å²) in [4.78, 5) is 45.7. The van der Waals surface area contributed by atoms with Crippen LogP contribution in [0.3, 0.4) is 0 Å². The Balaban J connectivity index is 1.54. The van der Waals surface area contributed by atoms with Crippen molar-refractivity contribution in [2.75, 3.05) is 12.0 Å². The van der Waals surface area contributed by atoms with Crippen LogP contribution >= 0.6 is 0 Å². The van der Waals surface area contributed by atoms with Crippen molar-refractivity contribution in [2.45, 2.75) is 18.0 Å². The summed E-state index contributed by atoms with van der Waals surface area (Å²) >= 11 is 0. The van der Waals surface area contributed by atoms with E-state index in [0.717, 1.165) is 11.3 Å². The molecule has 0 saturated carbocycles. The first-order chi connectivity index (χ1) is 19.5. The van der Waals surface area contributed by atoms with Gasteiger partial charge in [-0.15, -0.1) is 0 Å². The molecule has 3 aliphatic rings. The number of ether oxygens (including phenoxy) is 1. The van der Waals surface area contributed by atoms with Crippen molar-refractivity contribution in [3.8, 4) is 5.75 Å². The molecule has 0 N–H and O–H groups in total. The molecule has 0 amide bonds. The highest BCUT2D eigenvalue weighted by atomic mass is 19.1. The largest absolute Gasteiger partial charge is 0.497 e. The quantitative estimate of drug-likeness (QED) is 0.234. The minimum absolute atomic E-state index is 0.253. The molecule has 5 nitrogen and oxygen atoms in total. The minimum atomic E-state index is -1.62. The Morgan fingerprint density at radius 1 is 0.850 bits per heavy atom. The lowest BCUT2D eigenvalue weighted by Crippen LogP contribution is -2.48. The van der Waals surface area contributed by atoms with Crippen molar-refractivity contribution in [1.82, 2.24) is 0 Å². The van der Waals surface area contributed by atoms with Gasteiger partial charge in [0.2, 0.25) is 0 Å². The third kappa shape index (κ3) is 3.16.